The first-order valence-corrected chi connectivity index (χ1v) is 10.9. The minimum absolute atomic E-state index is 0.318. The maximum Gasteiger partial charge on any atom is 0.233 e. The van der Waals surface area contributed by atoms with Crippen molar-refractivity contribution < 1.29 is 14.3 Å². The second-order valence-electron chi connectivity index (χ2n) is 8.55. The molecule has 3 aliphatic heterocycles. The van der Waals surface area contributed by atoms with Crippen molar-refractivity contribution in [3.8, 4) is 0 Å². The molecule has 0 N–H and O–H groups in total. The predicted molar refractivity (Wildman–Crippen MR) is 109 cm³/mol. The number of hydrogen-bond donors (Lipinski definition) is 0. The summed E-state index contributed by atoms with van der Waals surface area (Å²) in [7, 11) is 1.82. The lowest BCUT2D eigenvalue weighted by atomic mass is 9.72. The Morgan fingerprint density at radius 3 is 2.25 bits per heavy atom. The van der Waals surface area contributed by atoms with E-state index in [1.165, 1.54) is 0 Å². The van der Waals surface area contributed by atoms with Crippen molar-refractivity contribution >= 4 is 5.91 Å². The van der Waals surface area contributed by atoms with Crippen molar-refractivity contribution in [2.45, 2.75) is 56.1 Å². The van der Waals surface area contributed by atoms with Crippen molar-refractivity contribution in [2.75, 3.05) is 46.5 Å². The molecule has 1 aromatic rings. The molecule has 0 atom stereocenters. The van der Waals surface area contributed by atoms with Crippen LogP contribution < -0.4 is 0 Å². The minimum atomic E-state index is -0.400. The Morgan fingerprint density at radius 1 is 1.00 bits per heavy atom. The van der Waals surface area contributed by atoms with Gasteiger partial charge in [-0.25, -0.2) is 0 Å². The summed E-state index contributed by atoms with van der Waals surface area (Å²) in [6, 6.07) is 11.0. The van der Waals surface area contributed by atoms with Crippen LogP contribution in [0.15, 0.2) is 30.3 Å². The van der Waals surface area contributed by atoms with Crippen molar-refractivity contribution in [1.29, 1.82) is 0 Å². The number of nitrogens with zero attached hydrogens (tertiary/aromatic N) is 2. The lowest BCUT2D eigenvalue weighted by molar-refractivity contribution is -0.143. The van der Waals surface area contributed by atoms with Gasteiger partial charge in [-0.15, -0.1) is 0 Å². The first-order valence-electron chi connectivity index (χ1n) is 10.9. The molecule has 0 saturated carbocycles. The van der Waals surface area contributed by atoms with Gasteiger partial charge in [0.1, 0.15) is 0 Å². The number of ether oxygens (including phenoxy) is 2. The van der Waals surface area contributed by atoms with Crippen molar-refractivity contribution in [1.82, 2.24) is 9.80 Å². The summed E-state index contributed by atoms with van der Waals surface area (Å²) in [4.78, 5) is 18.4. The molecule has 0 spiro atoms. The van der Waals surface area contributed by atoms with E-state index in [9.17, 15) is 4.79 Å². The Bertz CT molecular complexity index is 629. The maximum absolute atomic E-state index is 13.7. The molecule has 1 aromatic carbocycles. The topological polar surface area (TPSA) is 42.0 Å². The largest absolute Gasteiger partial charge is 0.381 e. The highest BCUT2D eigenvalue weighted by Crippen LogP contribution is 2.37. The molecule has 1 amide bonds. The van der Waals surface area contributed by atoms with E-state index < -0.39 is 5.41 Å². The normalized spacial score (nSPS) is 25.0. The number of rotatable bonds is 4. The highest BCUT2D eigenvalue weighted by Gasteiger charge is 2.44. The Morgan fingerprint density at radius 2 is 1.64 bits per heavy atom. The molecule has 3 heterocycles. The summed E-state index contributed by atoms with van der Waals surface area (Å²) in [6.45, 7) is 5.36. The van der Waals surface area contributed by atoms with E-state index in [1.54, 1.807) is 0 Å². The third-order valence-electron chi connectivity index (χ3n) is 7.16. The van der Waals surface area contributed by atoms with Gasteiger partial charge < -0.3 is 19.3 Å². The highest BCUT2D eigenvalue weighted by molar-refractivity contribution is 5.88. The maximum atomic E-state index is 13.7. The van der Waals surface area contributed by atoms with Gasteiger partial charge in [0, 0.05) is 52.5 Å². The van der Waals surface area contributed by atoms with Crippen LogP contribution in [-0.2, 0) is 19.7 Å². The zero-order chi connectivity index (χ0) is 19.4. The van der Waals surface area contributed by atoms with Crippen molar-refractivity contribution in [2.24, 2.45) is 0 Å². The molecule has 3 saturated heterocycles. The van der Waals surface area contributed by atoms with E-state index in [2.05, 4.69) is 34.1 Å². The second-order valence-corrected chi connectivity index (χ2v) is 8.55. The molecular weight excluding hydrogens is 352 g/mol. The van der Waals surface area contributed by atoms with Gasteiger partial charge in [-0.1, -0.05) is 30.3 Å². The van der Waals surface area contributed by atoms with Gasteiger partial charge in [0.05, 0.1) is 11.5 Å². The number of methoxy groups -OCH3 is 1. The Labute approximate surface area is 169 Å². The van der Waals surface area contributed by atoms with Gasteiger partial charge in [0.15, 0.2) is 0 Å². The summed E-state index contributed by atoms with van der Waals surface area (Å²) in [5, 5.41) is 0. The fourth-order valence-electron chi connectivity index (χ4n) is 5.32. The monoisotopic (exact) mass is 386 g/mol. The van der Waals surface area contributed by atoms with Gasteiger partial charge in [-0.3, -0.25) is 4.79 Å². The smallest absolute Gasteiger partial charge is 0.233 e. The number of amides is 1. The van der Waals surface area contributed by atoms with E-state index in [0.717, 1.165) is 70.3 Å². The molecule has 0 unspecified atom stereocenters. The average molecular weight is 387 g/mol. The molecule has 28 heavy (non-hydrogen) atoms. The molecule has 4 rings (SSSR count). The standard InChI is InChI=1S/C23H34N2O3/c1-27-21-9-15-24(16-10-21)20-7-13-25(14-8-20)22(26)23(11-17-28-18-12-23)19-5-3-2-4-6-19/h2-6,20-21H,7-18H2,1H3. The van der Waals surface area contributed by atoms with Crippen LogP contribution in [0.5, 0.6) is 0 Å². The van der Waals surface area contributed by atoms with Gasteiger partial charge in [-0.2, -0.15) is 0 Å². The molecule has 3 fully saturated rings. The first-order chi connectivity index (χ1) is 13.7. The molecule has 154 valence electrons. The van der Waals surface area contributed by atoms with E-state index in [4.69, 9.17) is 9.47 Å². The zero-order valence-corrected chi connectivity index (χ0v) is 17.1. The second kappa shape index (κ2) is 8.93. The number of piperidine rings is 2. The van der Waals surface area contributed by atoms with Crippen LogP contribution in [0, 0.1) is 0 Å². The average Bonchev–Trinajstić information content (AvgIpc) is 2.80. The molecule has 5 nitrogen and oxygen atoms in total. The summed E-state index contributed by atoms with van der Waals surface area (Å²) in [6.07, 6.45) is 6.45. The third kappa shape index (κ3) is 3.98. The van der Waals surface area contributed by atoms with Crippen LogP contribution in [0.2, 0.25) is 0 Å². The van der Waals surface area contributed by atoms with E-state index in [-0.39, 0.29) is 0 Å². The van der Waals surface area contributed by atoms with Gasteiger partial charge >= 0.3 is 0 Å². The Balaban J connectivity index is 1.40. The van der Waals surface area contributed by atoms with Crippen LogP contribution in [0.3, 0.4) is 0 Å². The van der Waals surface area contributed by atoms with Crippen LogP contribution in [0.25, 0.3) is 0 Å². The molecule has 0 aliphatic carbocycles. The van der Waals surface area contributed by atoms with Gasteiger partial charge in [-0.05, 0) is 44.1 Å². The van der Waals surface area contributed by atoms with E-state index in [0.29, 0.717) is 31.3 Å². The molecule has 5 heteroatoms. The number of carbonyl (C=O) groups is 1. The first kappa shape index (κ1) is 19.9. The molecular formula is C23H34N2O3. The summed E-state index contributed by atoms with van der Waals surface area (Å²) in [5.41, 5.74) is 0.760. The quantitative estimate of drug-likeness (QED) is 0.798. The van der Waals surface area contributed by atoms with E-state index >= 15 is 0 Å². The molecule has 0 bridgehead atoms. The SMILES string of the molecule is COC1CCN(C2CCN(C(=O)C3(c4ccccc4)CCOCC3)CC2)CC1. The molecule has 0 aromatic heterocycles. The fourth-order valence-corrected chi connectivity index (χ4v) is 5.32. The van der Waals surface area contributed by atoms with Crippen LogP contribution in [0.4, 0.5) is 0 Å². The van der Waals surface area contributed by atoms with Crippen molar-refractivity contribution in [3.63, 3.8) is 0 Å². The lowest BCUT2D eigenvalue weighted by Crippen LogP contribution is -2.55. The van der Waals surface area contributed by atoms with Crippen LogP contribution in [-0.4, -0.2) is 74.4 Å². The third-order valence-corrected chi connectivity index (χ3v) is 7.16. The summed E-state index contributed by atoms with van der Waals surface area (Å²) < 4.78 is 11.1. The highest BCUT2D eigenvalue weighted by atomic mass is 16.5. The molecule has 3 aliphatic rings. The lowest BCUT2D eigenvalue weighted by Gasteiger charge is -2.45. The Kier molecular flexibility index (Phi) is 6.34. The molecule has 0 radical (unpaired) electrons. The van der Waals surface area contributed by atoms with Gasteiger partial charge in [0.25, 0.3) is 0 Å². The fraction of sp³-hybridized carbons (Fsp3) is 0.696. The van der Waals surface area contributed by atoms with E-state index in [1.807, 2.05) is 13.2 Å². The minimum Gasteiger partial charge on any atom is -0.381 e. The number of likely N-dealkylation sites (tertiary alicyclic amines) is 2. The number of benzene rings is 1. The van der Waals surface area contributed by atoms with Gasteiger partial charge in [0.2, 0.25) is 5.91 Å². The zero-order valence-electron chi connectivity index (χ0n) is 17.1. The predicted octanol–water partition coefficient (Wildman–Crippen LogP) is 2.84. The number of carbonyl (C=O) groups excluding carboxylic acids is 1. The van der Waals surface area contributed by atoms with Crippen LogP contribution in [0.1, 0.15) is 44.1 Å². The summed E-state index contributed by atoms with van der Waals surface area (Å²) in [5.74, 6) is 0.318. The van der Waals surface area contributed by atoms with Crippen molar-refractivity contribution in [3.05, 3.63) is 35.9 Å². The van der Waals surface area contributed by atoms with Crippen LogP contribution >= 0.6 is 0 Å². The summed E-state index contributed by atoms with van der Waals surface area (Å²) >= 11 is 0. The Hall–Kier alpha value is -1.43. The number of hydrogen-bond acceptors (Lipinski definition) is 4.